The first kappa shape index (κ1) is 25.8. The summed E-state index contributed by atoms with van der Waals surface area (Å²) in [7, 11) is -0.829. The van der Waals surface area contributed by atoms with E-state index in [0.29, 0.717) is 32.5 Å². The van der Waals surface area contributed by atoms with Crippen LogP contribution < -0.4 is 4.72 Å². The number of hydrogen-bond donors (Lipinski definition) is 1. The zero-order valence-electron chi connectivity index (χ0n) is 18.7. The lowest BCUT2D eigenvalue weighted by Gasteiger charge is -2.32. The SMILES string of the molecule is CCOC(=O)C1CCN(C(=O)CN(C)C(=O)c2cccc(S(=O)(=O)NCCOC)c2)CC1. The van der Waals surface area contributed by atoms with Crippen LogP contribution in [0.15, 0.2) is 29.2 Å². The number of rotatable bonds is 10. The molecule has 0 saturated carbocycles. The molecule has 178 valence electrons. The Hall–Kier alpha value is -2.50. The highest BCUT2D eigenvalue weighted by Gasteiger charge is 2.29. The van der Waals surface area contributed by atoms with Gasteiger partial charge in [-0.15, -0.1) is 0 Å². The fourth-order valence-corrected chi connectivity index (χ4v) is 4.44. The van der Waals surface area contributed by atoms with Crippen molar-refractivity contribution >= 4 is 27.8 Å². The van der Waals surface area contributed by atoms with Crippen molar-refractivity contribution in [2.75, 3.05) is 53.6 Å². The predicted molar refractivity (Wildman–Crippen MR) is 116 cm³/mol. The fourth-order valence-electron chi connectivity index (χ4n) is 3.38. The van der Waals surface area contributed by atoms with Crippen molar-refractivity contribution in [3.63, 3.8) is 0 Å². The normalized spacial score (nSPS) is 14.8. The van der Waals surface area contributed by atoms with Gasteiger partial charge >= 0.3 is 5.97 Å². The van der Waals surface area contributed by atoms with Gasteiger partial charge in [0.15, 0.2) is 0 Å². The van der Waals surface area contributed by atoms with Crippen molar-refractivity contribution in [2.45, 2.75) is 24.7 Å². The van der Waals surface area contributed by atoms with Crippen LogP contribution in [0.4, 0.5) is 0 Å². The predicted octanol–water partition coefficient (Wildman–Crippen LogP) is 0.485. The highest BCUT2D eigenvalue weighted by Crippen LogP contribution is 2.19. The molecule has 0 spiro atoms. The van der Waals surface area contributed by atoms with E-state index in [1.807, 2.05) is 0 Å². The van der Waals surface area contributed by atoms with Crippen LogP contribution in [-0.2, 0) is 29.1 Å². The molecule has 1 aliphatic heterocycles. The average molecular weight is 470 g/mol. The second kappa shape index (κ2) is 11.9. The zero-order chi connectivity index (χ0) is 23.7. The van der Waals surface area contributed by atoms with Crippen molar-refractivity contribution in [1.82, 2.24) is 14.5 Å². The molecule has 0 unspecified atom stereocenters. The first-order valence-corrected chi connectivity index (χ1v) is 12.0. The standard InChI is InChI=1S/C21H31N3O7S/c1-4-31-21(27)16-8-11-24(12-9-16)19(25)15-23(2)20(26)17-6-5-7-18(14-17)32(28,29)22-10-13-30-3/h5-7,14,16,22H,4,8-13,15H2,1-3H3. The van der Waals surface area contributed by atoms with Crippen molar-refractivity contribution in [1.29, 1.82) is 0 Å². The molecule has 1 N–H and O–H groups in total. The number of benzene rings is 1. The maximum atomic E-state index is 12.8. The minimum absolute atomic E-state index is 0.0415. The highest BCUT2D eigenvalue weighted by atomic mass is 32.2. The van der Waals surface area contributed by atoms with E-state index >= 15 is 0 Å². The first-order chi connectivity index (χ1) is 15.2. The molecule has 0 aromatic heterocycles. The quantitative estimate of drug-likeness (QED) is 0.391. The van der Waals surface area contributed by atoms with E-state index in [1.54, 1.807) is 11.8 Å². The second-order valence-electron chi connectivity index (χ2n) is 7.49. The number of piperidine rings is 1. The van der Waals surface area contributed by atoms with Gasteiger partial charge < -0.3 is 19.3 Å². The van der Waals surface area contributed by atoms with Crippen LogP contribution in [0.5, 0.6) is 0 Å². The lowest BCUT2D eigenvalue weighted by Crippen LogP contribution is -2.45. The van der Waals surface area contributed by atoms with Crippen molar-refractivity contribution in [3.05, 3.63) is 29.8 Å². The van der Waals surface area contributed by atoms with Crippen LogP contribution in [0.1, 0.15) is 30.1 Å². The van der Waals surface area contributed by atoms with Crippen molar-refractivity contribution in [3.8, 4) is 0 Å². The van der Waals surface area contributed by atoms with Crippen LogP contribution >= 0.6 is 0 Å². The number of amides is 2. The molecule has 32 heavy (non-hydrogen) atoms. The van der Waals surface area contributed by atoms with Crippen molar-refractivity contribution in [2.24, 2.45) is 5.92 Å². The minimum Gasteiger partial charge on any atom is -0.466 e. The van der Waals surface area contributed by atoms with Gasteiger partial charge in [-0.2, -0.15) is 0 Å². The zero-order valence-corrected chi connectivity index (χ0v) is 19.5. The highest BCUT2D eigenvalue weighted by molar-refractivity contribution is 7.89. The smallest absolute Gasteiger partial charge is 0.309 e. The summed E-state index contributed by atoms with van der Waals surface area (Å²) in [4.78, 5) is 40.1. The Balaban J connectivity index is 1.95. The Bertz CT molecular complexity index is 912. The number of carbonyl (C=O) groups excluding carboxylic acids is 3. The summed E-state index contributed by atoms with van der Waals surface area (Å²) in [5.41, 5.74) is 0.163. The van der Waals surface area contributed by atoms with Crippen LogP contribution in [0, 0.1) is 5.92 Å². The molecular weight excluding hydrogens is 438 g/mol. The lowest BCUT2D eigenvalue weighted by atomic mass is 9.97. The number of likely N-dealkylation sites (N-methyl/N-ethyl adjacent to an activating group) is 1. The Labute approximate surface area is 188 Å². The number of nitrogens with one attached hydrogen (secondary N) is 1. The van der Waals surface area contributed by atoms with Gasteiger partial charge in [-0.1, -0.05) is 6.07 Å². The monoisotopic (exact) mass is 469 g/mol. The summed E-state index contributed by atoms with van der Waals surface area (Å²) in [6, 6.07) is 5.66. The van der Waals surface area contributed by atoms with E-state index in [4.69, 9.17) is 9.47 Å². The third kappa shape index (κ3) is 7.01. The van der Waals surface area contributed by atoms with Crippen LogP contribution in [-0.4, -0.2) is 89.6 Å². The van der Waals surface area contributed by atoms with E-state index in [0.717, 1.165) is 0 Å². The Morgan fingerprint density at radius 3 is 2.53 bits per heavy atom. The van der Waals surface area contributed by atoms with E-state index in [1.165, 1.54) is 43.3 Å². The third-order valence-electron chi connectivity index (χ3n) is 5.18. The van der Waals surface area contributed by atoms with E-state index in [-0.39, 0.29) is 47.9 Å². The molecule has 1 saturated heterocycles. The van der Waals surface area contributed by atoms with Crippen LogP contribution in [0.25, 0.3) is 0 Å². The van der Waals surface area contributed by atoms with E-state index in [9.17, 15) is 22.8 Å². The Morgan fingerprint density at radius 2 is 1.91 bits per heavy atom. The van der Waals surface area contributed by atoms with Gasteiger partial charge in [0, 0.05) is 39.4 Å². The summed E-state index contributed by atoms with van der Waals surface area (Å²) >= 11 is 0. The van der Waals surface area contributed by atoms with Gasteiger partial charge in [-0.3, -0.25) is 14.4 Å². The number of ether oxygens (including phenoxy) is 2. The molecule has 1 aliphatic rings. The lowest BCUT2D eigenvalue weighted by molar-refractivity contribution is -0.151. The summed E-state index contributed by atoms with van der Waals surface area (Å²) in [5, 5.41) is 0. The molecule has 0 atom stereocenters. The number of hydrogen-bond acceptors (Lipinski definition) is 7. The van der Waals surface area contributed by atoms with Crippen molar-refractivity contribution < 1.29 is 32.3 Å². The maximum absolute atomic E-state index is 12.8. The van der Waals surface area contributed by atoms with E-state index in [2.05, 4.69) is 4.72 Å². The number of likely N-dealkylation sites (tertiary alicyclic amines) is 1. The van der Waals surface area contributed by atoms with Crippen LogP contribution in [0.3, 0.4) is 0 Å². The Morgan fingerprint density at radius 1 is 1.22 bits per heavy atom. The third-order valence-corrected chi connectivity index (χ3v) is 6.63. The summed E-state index contributed by atoms with van der Waals surface area (Å²) < 4.78 is 37.0. The molecule has 1 fully saturated rings. The van der Waals surface area contributed by atoms with Gasteiger partial charge in [0.25, 0.3) is 5.91 Å². The summed E-state index contributed by atoms with van der Waals surface area (Å²) in [6.45, 7) is 3.11. The molecule has 0 bridgehead atoms. The van der Waals surface area contributed by atoms with Gasteiger partial charge in [0.05, 0.1) is 30.6 Å². The van der Waals surface area contributed by atoms with Gasteiger partial charge in [0.2, 0.25) is 15.9 Å². The second-order valence-corrected chi connectivity index (χ2v) is 9.25. The molecule has 10 nitrogen and oxygen atoms in total. The van der Waals surface area contributed by atoms with Crippen LogP contribution in [0.2, 0.25) is 0 Å². The Kier molecular flexibility index (Phi) is 9.60. The summed E-state index contributed by atoms with van der Waals surface area (Å²) in [5.74, 6) is -1.14. The molecule has 2 rings (SSSR count). The van der Waals surface area contributed by atoms with Gasteiger partial charge in [-0.25, -0.2) is 13.1 Å². The molecule has 1 heterocycles. The molecule has 0 radical (unpaired) electrons. The minimum atomic E-state index is -3.78. The number of methoxy groups -OCH3 is 1. The largest absolute Gasteiger partial charge is 0.466 e. The fraction of sp³-hybridized carbons (Fsp3) is 0.571. The number of carbonyl (C=O) groups is 3. The summed E-state index contributed by atoms with van der Waals surface area (Å²) in [6.07, 6.45) is 1.05. The molecule has 0 aliphatic carbocycles. The first-order valence-electron chi connectivity index (χ1n) is 10.5. The number of esters is 1. The molecule has 1 aromatic carbocycles. The van der Waals surface area contributed by atoms with Gasteiger partial charge in [-0.05, 0) is 38.0 Å². The molecular formula is C21H31N3O7S. The topological polar surface area (TPSA) is 122 Å². The number of nitrogens with zero attached hydrogens (tertiary/aromatic N) is 2. The average Bonchev–Trinajstić information content (AvgIpc) is 2.79. The van der Waals surface area contributed by atoms with E-state index < -0.39 is 15.9 Å². The molecule has 1 aromatic rings. The maximum Gasteiger partial charge on any atom is 0.309 e. The number of sulfonamides is 1. The molecule has 2 amide bonds. The van der Waals surface area contributed by atoms with Gasteiger partial charge in [0.1, 0.15) is 0 Å². The molecule has 11 heteroatoms.